The fraction of sp³-hybridized carbons (Fsp3) is 0.294. The molecule has 0 amide bonds. The average molecular weight is 256 g/mol. The van der Waals surface area contributed by atoms with Crippen molar-refractivity contribution in [1.29, 1.82) is 0 Å². The van der Waals surface area contributed by atoms with Gasteiger partial charge in [-0.15, -0.1) is 0 Å². The van der Waals surface area contributed by atoms with Crippen molar-refractivity contribution in [2.24, 2.45) is 0 Å². The van der Waals surface area contributed by atoms with Crippen LogP contribution in [0.4, 0.5) is 0 Å². The molecule has 0 aliphatic carbocycles. The van der Waals surface area contributed by atoms with Gasteiger partial charge in [-0.2, -0.15) is 0 Å². The van der Waals surface area contributed by atoms with Crippen molar-refractivity contribution in [1.82, 2.24) is 0 Å². The summed E-state index contributed by atoms with van der Waals surface area (Å²) in [4.78, 5) is 0. The molecule has 0 atom stereocenters. The Morgan fingerprint density at radius 3 is 1.79 bits per heavy atom. The van der Waals surface area contributed by atoms with Crippen molar-refractivity contribution >= 4 is 0 Å². The van der Waals surface area contributed by atoms with Crippen LogP contribution in [-0.2, 0) is 10.3 Å². The van der Waals surface area contributed by atoms with Gasteiger partial charge >= 0.3 is 0 Å². The van der Waals surface area contributed by atoms with E-state index in [1.807, 2.05) is 67.6 Å². The first-order chi connectivity index (χ1) is 9.27. The largest absolute Gasteiger partial charge is 0.382 e. The van der Waals surface area contributed by atoms with Crippen LogP contribution in [0.25, 0.3) is 0 Å². The van der Waals surface area contributed by atoms with Crippen LogP contribution >= 0.6 is 0 Å². The highest BCUT2D eigenvalue weighted by molar-refractivity contribution is 5.35. The lowest BCUT2D eigenvalue weighted by Gasteiger charge is -2.29. The van der Waals surface area contributed by atoms with Gasteiger partial charge in [-0.25, -0.2) is 0 Å². The first-order valence-corrected chi connectivity index (χ1v) is 6.68. The lowest BCUT2D eigenvalue weighted by molar-refractivity contribution is 0.0305. The Labute approximate surface area is 114 Å². The molecule has 2 heteroatoms. The minimum absolute atomic E-state index is 0.538. The molecule has 19 heavy (non-hydrogen) atoms. The summed E-state index contributed by atoms with van der Waals surface area (Å²) in [6.45, 7) is 3.17. The monoisotopic (exact) mass is 256 g/mol. The molecule has 0 bridgehead atoms. The Balaban J connectivity index is 2.33. The Bertz CT molecular complexity index is 440. The van der Waals surface area contributed by atoms with E-state index in [9.17, 15) is 5.11 Å². The zero-order valence-corrected chi connectivity index (χ0v) is 11.3. The van der Waals surface area contributed by atoms with Gasteiger partial charge in [-0.3, -0.25) is 0 Å². The first kappa shape index (κ1) is 13.8. The van der Waals surface area contributed by atoms with Crippen LogP contribution in [0.1, 0.15) is 24.5 Å². The third-order valence-electron chi connectivity index (χ3n) is 3.32. The summed E-state index contributed by atoms with van der Waals surface area (Å²) >= 11 is 0. The molecular formula is C17H20O2. The lowest BCUT2D eigenvalue weighted by atomic mass is 9.84. The van der Waals surface area contributed by atoms with Gasteiger partial charge in [0.05, 0.1) is 0 Å². The van der Waals surface area contributed by atoms with Gasteiger partial charge in [0.15, 0.2) is 0 Å². The predicted molar refractivity (Wildman–Crippen MR) is 77.0 cm³/mol. The third kappa shape index (κ3) is 3.22. The minimum Gasteiger partial charge on any atom is -0.382 e. The SMILES string of the molecule is CCOCCC(O)(c1ccccc1)c1ccccc1. The van der Waals surface area contributed by atoms with E-state index in [0.29, 0.717) is 19.6 Å². The summed E-state index contributed by atoms with van der Waals surface area (Å²) in [5.74, 6) is 0. The van der Waals surface area contributed by atoms with Crippen LogP contribution in [0, 0.1) is 0 Å². The molecule has 0 saturated carbocycles. The van der Waals surface area contributed by atoms with E-state index in [1.54, 1.807) is 0 Å². The van der Waals surface area contributed by atoms with Gasteiger partial charge in [0.2, 0.25) is 0 Å². The minimum atomic E-state index is -0.988. The molecule has 100 valence electrons. The highest BCUT2D eigenvalue weighted by Gasteiger charge is 2.30. The maximum Gasteiger partial charge on any atom is 0.117 e. The molecule has 2 aromatic rings. The van der Waals surface area contributed by atoms with Gasteiger partial charge in [-0.1, -0.05) is 60.7 Å². The number of ether oxygens (including phenoxy) is 1. The van der Waals surface area contributed by atoms with Crippen LogP contribution in [0.15, 0.2) is 60.7 Å². The first-order valence-electron chi connectivity index (χ1n) is 6.68. The van der Waals surface area contributed by atoms with Crippen LogP contribution < -0.4 is 0 Å². The number of benzene rings is 2. The Kier molecular flexibility index (Phi) is 4.72. The summed E-state index contributed by atoms with van der Waals surface area (Å²) in [6.07, 6.45) is 0.550. The van der Waals surface area contributed by atoms with Gasteiger partial charge in [0.1, 0.15) is 5.60 Å². The van der Waals surface area contributed by atoms with E-state index in [0.717, 1.165) is 11.1 Å². The Morgan fingerprint density at radius 2 is 1.37 bits per heavy atom. The highest BCUT2D eigenvalue weighted by Crippen LogP contribution is 2.32. The van der Waals surface area contributed by atoms with E-state index in [1.165, 1.54) is 0 Å². The second kappa shape index (κ2) is 6.50. The number of rotatable bonds is 6. The molecule has 2 rings (SSSR count). The van der Waals surface area contributed by atoms with Crippen LogP contribution in [0.3, 0.4) is 0 Å². The van der Waals surface area contributed by atoms with E-state index in [2.05, 4.69) is 0 Å². The molecule has 0 unspecified atom stereocenters. The molecule has 2 nitrogen and oxygen atoms in total. The van der Waals surface area contributed by atoms with Crippen LogP contribution in [0.2, 0.25) is 0 Å². The zero-order valence-electron chi connectivity index (χ0n) is 11.3. The van der Waals surface area contributed by atoms with Crippen molar-refractivity contribution in [3.8, 4) is 0 Å². The second-order valence-electron chi connectivity index (χ2n) is 4.54. The normalized spacial score (nSPS) is 11.5. The molecule has 0 spiro atoms. The van der Waals surface area contributed by atoms with E-state index in [-0.39, 0.29) is 0 Å². The van der Waals surface area contributed by atoms with Gasteiger partial charge in [-0.05, 0) is 18.1 Å². The topological polar surface area (TPSA) is 29.5 Å². The highest BCUT2D eigenvalue weighted by atomic mass is 16.5. The Hall–Kier alpha value is -1.64. The maximum absolute atomic E-state index is 11.1. The molecule has 0 aromatic heterocycles. The van der Waals surface area contributed by atoms with E-state index >= 15 is 0 Å². The standard InChI is InChI=1S/C17H20O2/c1-2-19-14-13-17(18,15-9-5-3-6-10-15)16-11-7-4-8-12-16/h3-12,18H,2,13-14H2,1H3. The molecule has 1 N–H and O–H groups in total. The molecule has 0 fully saturated rings. The fourth-order valence-corrected chi connectivity index (χ4v) is 2.25. The molecule has 0 radical (unpaired) electrons. The summed E-state index contributed by atoms with van der Waals surface area (Å²) in [5.41, 5.74) is 0.819. The zero-order chi connectivity index (χ0) is 13.6. The smallest absolute Gasteiger partial charge is 0.117 e. The third-order valence-corrected chi connectivity index (χ3v) is 3.32. The number of hydrogen-bond donors (Lipinski definition) is 1. The fourth-order valence-electron chi connectivity index (χ4n) is 2.25. The van der Waals surface area contributed by atoms with E-state index in [4.69, 9.17) is 4.74 Å². The average Bonchev–Trinajstić information content (AvgIpc) is 2.49. The number of aliphatic hydroxyl groups is 1. The van der Waals surface area contributed by atoms with Gasteiger partial charge < -0.3 is 9.84 Å². The molecule has 0 saturated heterocycles. The molecule has 0 aliphatic rings. The van der Waals surface area contributed by atoms with Crippen molar-refractivity contribution in [3.05, 3.63) is 71.8 Å². The predicted octanol–water partition coefficient (Wildman–Crippen LogP) is 3.35. The molecular weight excluding hydrogens is 236 g/mol. The van der Waals surface area contributed by atoms with E-state index < -0.39 is 5.60 Å². The Morgan fingerprint density at radius 1 is 0.895 bits per heavy atom. The summed E-state index contributed by atoms with van der Waals surface area (Å²) in [6, 6.07) is 19.5. The van der Waals surface area contributed by atoms with Crippen molar-refractivity contribution in [2.75, 3.05) is 13.2 Å². The summed E-state index contributed by atoms with van der Waals surface area (Å²) < 4.78 is 5.41. The quantitative estimate of drug-likeness (QED) is 0.803. The maximum atomic E-state index is 11.1. The van der Waals surface area contributed by atoms with Crippen LogP contribution in [-0.4, -0.2) is 18.3 Å². The molecule has 0 aliphatic heterocycles. The molecule has 0 heterocycles. The lowest BCUT2D eigenvalue weighted by Crippen LogP contribution is -2.29. The summed E-state index contributed by atoms with van der Waals surface area (Å²) in [5, 5.41) is 11.1. The molecule has 2 aromatic carbocycles. The van der Waals surface area contributed by atoms with Crippen molar-refractivity contribution in [3.63, 3.8) is 0 Å². The van der Waals surface area contributed by atoms with Crippen molar-refractivity contribution in [2.45, 2.75) is 18.9 Å². The van der Waals surface area contributed by atoms with Gasteiger partial charge in [0, 0.05) is 19.6 Å². The van der Waals surface area contributed by atoms with Gasteiger partial charge in [0.25, 0.3) is 0 Å². The number of hydrogen-bond acceptors (Lipinski definition) is 2. The second-order valence-corrected chi connectivity index (χ2v) is 4.54. The van der Waals surface area contributed by atoms with Crippen LogP contribution in [0.5, 0.6) is 0 Å². The van der Waals surface area contributed by atoms with Crippen molar-refractivity contribution < 1.29 is 9.84 Å². The summed E-state index contributed by atoms with van der Waals surface area (Å²) in [7, 11) is 0.